The molecule has 2 aromatic carbocycles. The van der Waals surface area contributed by atoms with Gasteiger partial charge in [-0.25, -0.2) is 8.78 Å². The van der Waals surface area contributed by atoms with Crippen molar-refractivity contribution < 1.29 is 18.4 Å². The van der Waals surface area contributed by atoms with Gasteiger partial charge in [-0.3, -0.25) is 9.59 Å². The van der Waals surface area contributed by atoms with Crippen molar-refractivity contribution in [2.45, 2.75) is 0 Å². The molecule has 0 aromatic heterocycles. The highest BCUT2D eigenvalue weighted by Gasteiger charge is 2.42. The van der Waals surface area contributed by atoms with Gasteiger partial charge in [0, 0.05) is 0 Å². The summed E-state index contributed by atoms with van der Waals surface area (Å²) in [7, 11) is 0. The minimum atomic E-state index is -0.702. The molecule has 26 heavy (non-hydrogen) atoms. The van der Waals surface area contributed by atoms with E-state index in [1.807, 2.05) is 0 Å². The van der Waals surface area contributed by atoms with Crippen LogP contribution in [0, 0.1) is 11.6 Å². The highest BCUT2D eigenvalue weighted by Crippen LogP contribution is 2.41. The zero-order valence-electron chi connectivity index (χ0n) is 12.8. The van der Waals surface area contributed by atoms with E-state index in [0.717, 1.165) is 12.1 Å². The van der Waals surface area contributed by atoms with E-state index in [-0.39, 0.29) is 43.7 Å². The minimum Gasteiger partial charge on any atom is -0.320 e. The fourth-order valence-electron chi connectivity index (χ4n) is 3.03. The van der Waals surface area contributed by atoms with Crippen LogP contribution in [0.25, 0.3) is 11.4 Å². The van der Waals surface area contributed by atoms with Gasteiger partial charge in [0.2, 0.25) is 0 Å². The summed E-state index contributed by atoms with van der Waals surface area (Å²) in [6.45, 7) is 0. The van der Waals surface area contributed by atoms with Crippen molar-refractivity contribution in [2.24, 2.45) is 0 Å². The van der Waals surface area contributed by atoms with Gasteiger partial charge in [0.1, 0.15) is 11.6 Å². The molecule has 0 atom stereocenters. The number of carbonyl (C=O) groups excluding carboxylic acids is 2. The monoisotopic (exact) mass is 392 g/mol. The Morgan fingerprint density at radius 1 is 0.692 bits per heavy atom. The Bertz CT molecular complexity index is 951. The van der Waals surface area contributed by atoms with E-state index in [1.165, 1.54) is 24.3 Å². The van der Waals surface area contributed by atoms with Gasteiger partial charge in [-0.15, -0.1) is 0 Å². The molecule has 0 saturated carbocycles. The quantitative estimate of drug-likeness (QED) is 0.819. The van der Waals surface area contributed by atoms with Crippen LogP contribution in [0.5, 0.6) is 0 Å². The number of nitrogens with one attached hydrogen (secondary N) is 2. The molecule has 2 N–H and O–H groups in total. The lowest BCUT2D eigenvalue weighted by atomic mass is 10.0. The highest BCUT2D eigenvalue weighted by atomic mass is 35.5. The molecule has 2 aliphatic rings. The SMILES string of the molecule is O=C1NC(c2c(F)cccc2Cl)=C2C(=O)NC(c3c(F)cccc3Cl)=C12. The van der Waals surface area contributed by atoms with Gasteiger partial charge in [-0.2, -0.15) is 0 Å². The standard InChI is InChI=1S/C18H8Cl2F2N2O2/c19-7-3-1-5-9(21)11(7)15-13-14(18(26)23-15)16(24-17(13)25)12-8(20)4-2-6-10(12)22/h1-6H,(H,23,26)(H,24,25). The van der Waals surface area contributed by atoms with Gasteiger partial charge in [0.15, 0.2) is 0 Å². The number of hydrogen-bond acceptors (Lipinski definition) is 2. The molecular formula is C18H8Cl2F2N2O2. The predicted octanol–water partition coefficient (Wildman–Crippen LogP) is 3.65. The molecule has 2 amide bonds. The second-order valence-electron chi connectivity index (χ2n) is 5.60. The molecule has 8 heteroatoms. The number of halogens is 4. The molecule has 0 fully saturated rings. The molecular weight excluding hydrogens is 385 g/mol. The van der Waals surface area contributed by atoms with Crippen LogP contribution in [0.4, 0.5) is 8.78 Å². The zero-order chi connectivity index (χ0) is 18.6. The van der Waals surface area contributed by atoms with Gasteiger partial charge >= 0.3 is 0 Å². The molecule has 130 valence electrons. The molecule has 0 saturated heterocycles. The van der Waals surface area contributed by atoms with Gasteiger partial charge < -0.3 is 10.6 Å². The van der Waals surface area contributed by atoms with Crippen molar-refractivity contribution in [3.05, 3.63) is 80.4 Å². The Hall–Kier alpha value is -2.70. The molecule has 2 heterocycles. The second-order valence-corrected chi connectivity index (χ2v) is 6.42. The average molecular weight is 393 g/mol. The van der Waals surface area contributed by atoms with Crippen LogP contribution in [0.15, 0.2) is 47.5 Å². The van der Waals surface area contributed by atoms with Crippen LogP contribution in [0.2, 0.25) is 10.0 Å². The summed E-state index contributed by atoms with van der Waals surface area (Å²) in [4.78, 5) is 25.0. The maximum atomic E-state index is 14.3. The first-order valence-electron chi connectivity index (χ1n) is 7.40. The van der Waals surface area contributed by atoms with Crippen molar-refractivity contribution in [1.82, 2.24) is 10.6 Å². The van der Waals surface area contributed by atoms with E-state index in [2.05, 4.69) is 10.6 Å². The van der Waals surface area contributed by atoms with Gasteiger partial charge in [-0.1, -0.05) is 35.3 Å². The molecule has 2 aromatic rings. The number of hydrogen-bond donors (Lipinski definition) is 2. The summed E-state index contributed by atoms with van der Waals surface area (Å²) in [5.74, 6) is -2.76. The maximum absolute atomic E-state index is 14.3. The Morgan fingerprint density at radius 3 is 1.42 bits per heavy atom. The fraction of sp³-hybridized carbons (Fsp3) is 0. The summed E-state index contributed by atoms with van der Waals surface area (Å²) in [6, 6.07) is 7.98. The fourth-order valence-corrected chi connectivity index (χ4v) is 3.54. The van der Waals surface area contributed by atoms with Crippen LogP contribution in [0.1, 0.15) is 11.1 Å². The molecule has 0 spiro atoms. The average Bonchev–Trinajstić information content (AvgIpc) is 3.07. The molecule has 4 nitrogen and oxygen atoms in total. The van der Waals surface area contributed by atoms with Crippen LogP contribution in [0.3, 0.4) is 0 Å². The second kappa shape index (κ2) is 5.93. The van der Waals surface area contributed by atoms with E-state index < -0.39 is 23.4 Å². The van der Waals surface area contributed by atoms with E-state index >= 15 is 0 Å². The largest absolute Gasteiger partial charge is 0.320 e. The third kappa shape index (κ3) is 2.34. The molecule has 0 unspecified atom stereocenters. The lowest BCUT2D eigenvalue weighted by Crippen LogP contribution is -2.22. The number of rotatable bonds is 2. The first-order valence-corrected chi connectivity index (χ1v) is 8.16. The highest BCUT2D eigenvalue weighted by molar-refractivity contribution is 6.37. The number of fused-ring (bicyclic) bond motifs is 1. The van der Waals surface area contributed by atoms with E-state index in [9.17, 15) is 18.4 Å². The Kier molecular flexibility index (Phi) is 3.82. The van der Waals surface area contributed by atoms with Crippen LogP contribution in [-0.2, 0) is 9.59 Å². The lowest BCUT2D eigenvalue weighted by molar-refractivity contribution is -0.117. The summed E-state index contributed by atoms with van der Waals surface area (Å²) < 4.78 is 28.5. The van der Waals surface area contributed by atoms with Crippen molar-refractivity contribution >= 4 is 46.4 Å². The van der Waals surface area contributed by atoms with Crippen molar-refractivity contribution in [1.29, 1.82) is 0 Å². The van der Waals surface area contributed by atoms with Gasteiger partial charge in [-0.05, 0) is 24.3 Å². The Balaban J connectivity index is 2.01. The molecule has 4 rings (SSSR count). The third-order valence-corrected chi connectivity index (χ3v) is 4.74. The molecule has 0 radical (unpaired) electrons. The molecule has 0 bridgehead atoms. The molecule has 0 aliphatic carbocycles. The Morgan fingerprint density at radius 2 is 1.08 bits per heavy atom. The van der Waals surface area contributed by atoms with E-state index in [1.54, 1.807) is 0 Å². The van der Waals surface area contributed by atoms with Crippen LogP contribution < -0.4 is 10.6 Å². The van der Waals surface area contributed by atoms with Crippen LogP contribution >= 0.6 is 23.2 Å². The smallest absolute Gasteiger partial charge is 0.258 e. The number of benzene rings is 2. The van der Waals surface area contributed by atoms with Crippen LogP contribution in [-0.4, -0.2) is 11.8 Å². The summed E-state index contributed by atoms with van der Waals surface area (Å²) in [5, 5.41) is 4.96. The number of amides is 2. The number of carbonyl (C=O) groups is 2. The van der Waals surface area contributed by atoms with Crippen molar-refractivity contribution in [2.75, 3.05) is 0 Å². The van der Waals surface area contributed by atoms with Gasteiger partial charge in [0.25, 0.3) is 11.8 Å². The summed E-state index contributed by atoms with van der Waals surface area (Å²) in [6.07, 6.45) is 0. The first kappa shape index (κ1) is 16.8. The lowest BCUT2D eigenvalue weighted by Gasteiger charge is -2.10. The van der Waals surface area contributed by atoms with Crippen molar-refractivity contribution in [3.63, 3.8) is 0 Å². The Labute approximate surface area is 156 Å². The maximum Gasteiger partial charge on any atom is 0.258 e. The zero-order valence-corrected chi connectivity index (χ0v) is 14.3. The third-order valence-electron chi connectivity index (χ3n) is 4.11. The predicted molar refractivity (Wildman–Crippen MR) is 92.9 cm³/mol. The van der Waals surface area contributed by atoms with E-state index in [4.69, 9.17) is 23.2 Å². The topological polar surface area (TPSA) is 58.2 Å². The van der Waals surface area contributed by atoms with Crippen molar-refractivity contribution in [3.8, 4) is 0 Å². The first-order chi connectivity index (χ1) is 12.4. The summed E-state index contributed by atoms with van der Waals surface area (Å²) >= 11 is 12.1. The molecule has 2 aliphatic heterocycles. The minimum absolute atomic E-state index is 0.0271. The summed E-state index contributed by atoms with van der Waals surface area (Å²) in [5.41, 5.74) is -0.541. The normalized spacial score (nSPS) is 16.2. The van der Waals surface area contributed by atoms with E-state index in [0.29, 0.717) is 0 Å². The van der Waals surface area contributed by atoms with Gasteiger partial charge in [0.05, 0.1) is 43.7 Å².